The standard InChI is InChI=1S/C19H15N3O5/c23-17-11-26-16-7-6-13(18(24)21-25)8-15(16)22(17)10-14-9-20-19(27-14)12-4-2-1-3-5-12/h1-9,25H,10-11H2,(H,21,24). The van der Waals surface area contributed by atoms with Crippen molar-refractivity contribution in [2.24, 2.45) is 0 Å². The quantitative estimate of drug-likeness (QED) is 0.543. The third-order valence-corrected chi connectivity index (χ3v) is 4.15. The highest BCUT2D eigenvalue weighted by Crippen LogP contribution is 2.34. The number of anilines is 1. The summed E-state index contributed by atoms with van der Waals surface area (Å²) in [5.41, 5.74) is 3.02. The van der Waals surface area contributed by atoms with Crippen LogP contribution in [-0.2, 0) is 11.3 Å². The zero-order valence-corrected chi connectivity index (χ0v) is 14.1. The van der Waals surface area contributed by atoms with Gasteiger partial charge in [-0.2, -0.15) is 0 Å². The molecule has 2 N–H and O–H groups in total. The van der Waals surface area contributed by atoms with Crippen LogP contribution in [0.1, 0.15) is 16.1 Å². The van der Waals surface area contributed by atoms with Crippen LogP contribution in [0.2, 0.25) is 0 Å². The molecule has 1 aliphatic heterocycles. The summed E-state index contributed by atoms with van der Waals surface area (Å²) in [6.45, 7) is 0.0252. The zero-order chi connectivity index (χ0) is 18.8. The summed E-state index contributed by atoms with van der Waals surface area (Å²) in [5, 5.41) is 8.82. The number of hydroxylamine groups is 1. The number of oxazole rings is 1. The fourth-order valence-corrected chi connectivity index (χ4v) is 2.83. The molecule has 0 atom stereocenters. The number of ether oxygens (including phenoxy) is 1. The molecular formula is C19H15N3O5. The molecule has 8 nitrogen and oxygen atoms in total. The predicted octanol–water partition coefficient (Wildman–Crippen LogP) is 2.39. The third-order valence-electron chi connectivity index (χ3n) is 4.15. The minimum atomic E-state index is -0.679. The Balaban J connectivity index is 1.64. The molecule has 2 amide bonds. The summed E-state index contributed by atoms with van der Waals surface area (Å²) >= 11 is 0. The van der Waals surface area contributed by atoms with Crippen molar-refractivity contribution in [2.45, 2.75) is 6.54 Å². The monoisotopic (exact) mass is 365 g/mol. The van der Waals surface area contributed by atoms with E-state index in [2.05, 4.69) is 4.98 Å². The van der Waals surface area contributed by atoms with Crippen molar-refractivity contribution in [2.75, 3.05) is 11.5 Å². The first-order valence-corrected chi connectivity index (χ1v) is 8.17. The molecule has 2 heterocycles. The van der Waals surface area contributed by atoms with Crippen LogP contribution in [0.3, 0.4) is 0 Å². The van der Waals surface area contributed by atoms with Gasteiger partial charge in [0.2, 0.25) is 5.89 Å². The van der Waals surface area contributed by atoms with Crippen LogP contribution in [0, 0.1) is 0 Å². The third kappa shape index (κ3) is 3.25. The average molecular weight is 365 g/mol. The van der Waals surface area contributed by atoms with Crippen molar-refractivity contribution >= 4 is 17.5 Å². The second-order valence-electron chi connectivity index (χ2n) is 5.89. The van der Waals surface area contributed by atoms with Crippen molar-refractivity contribution < 1.29 is 24.0 Å². The van der Waals surface area contributed by atoms with Gasteiger partial charge in [-0.1, -0.05) is 18.2 Å². The molecule has 0 saturated carbocycles. The summed E-state index contributed by atoms with van der Waals surface area (Å²) in [6, 6.07) is 14.0. The van der Waals surface area contributed by atoms with Gasteiger partial charge in [0.25, 0.3) is 11.8 Å². The smallest absolute Gasteiger partial charge is 0.274 e. The number of hydrogen-bond acceptors (Lipinski definition) is 6. The van der Waals surface area contributed by atoms with E-state index in [1.807, 2.05) is 30.3 Å². The highest BCUT2D eigenvalue weighted by molar-refractivity contribution is 6.00. The first-order valence-electron chi connectivity index (χ1n) is 8.17. The van der Waals surface area contributed by atoms with Crippen LogP contribution in [0.15, 0.2) is 59.1 Å². The molecule has 0 fully saturated rings. The first kappa shape index (κ1) is 16.8. The Bertz CT molecular complexity index is 1000. The minimum Gasteiger partial charge on any atom is -0.482 e. The molecular weight excluding hydrogens is 350 g/mol. The number of aromatic nitrogens is 1. The molecule has 0 saturated heterocycles. The topological polar surface area (TPSA) is 105 Å². The van der Waals surface area contributed by atoms with E-state index >= 15 is 0 Å². The van der Waals surface area contributed by atoms with Gasteiger partial charge in [0.15, 0.2) is 6.61 Å². The van der Waals surface area contributed by atoms with Gasteiger partial charge in [0, 0.05) is 11.1 Å². The molecule has 27 heavy (non-hydrogen) atoms. The second kappa shape index (κ2) is 6.93. The maximum atomic E-state index is 12.4. The molecule has 2 aromatic carbocycles. The van der Waals surface area contributed by atoms with Crippen LogP contribution in [-0.4, -0.2) is 28.6 Å². The molecule has 4 rings (SSSR count). The number of benzene rings is 2. The van der Waals surface area contributed by atoms with Gasteiger partial charge in [-0.3, -0.25) is 19.7 Å². The van der Waals surface area contributed by atoms with Crippen molar-refractivity contribution in [3.63, 3.8) is 0 Å². The van der Waals surface area contributed by atoms with Gasteiger partial charge in [0.05, 0.1) is 18.4 Å². The van der Waals surface area contributed by atoms with E-state index in [-0.39, 0.29) is 24.6 Å². The van der Waals surface area contributed by atoms with Crippen molar-refractivity contribution in [1.82, 2.24) is 10.5 Å². The highest BCUT2D eigenvalue weighted by atomic mass is 16.5. The van der Waals surface area contributed by atoms with E-state index in [9.17, 15) is 9.59 Å². The molecule has 0 spiro atoms. The molecule has 136 valence electrons. The van der Waals surface area contributed by atoms with Gasteiger partial charge in [-0.05, 0) is 30.3 Å². The van der Waals surface area contributed by atoms with Gasteiger partial charge < -0.3 is 9.15 Å². The maximum absolute atomic E-state index is 12.4. The number of nitrogens with zero attached hydrogens (tertiary/aromatic N) is 2. The van der Waals surface area contributed by atoms with Crippen LogP contribution in [0.25, 0.3) is 11.5 Å². The van der Waals surface area contributed by atoms with Crippen molar-refractivity contribution in [3.8, 4) is 17.2 Å². The molecule has 1 aliphatic rings. The number of fused-ring (bicyclic) bond motifs is 1. The predicted molar refractivity (Wildman–Crippen MR) is 94.3 cm³/mol. The lowest BCUT2D eigenvalue weighted by molar-refractivity contribution is -0.121. The summed E-state index contributed by atoms with van der Waals surface area (Å²) in [7, 11) is 0. The first-order chi connectivity index (χ1) is 13.2. The van der Waals surface area contributed by atoms with E-state index in [4.69, 9.17) is 14.4 Å². The zero-order valence-electron chi connectivity index (χ0n) is 14.1. The van der Waals surface area contributed by atoms with Gasteiger partial charge in [-0.15, -0.1) is 0 Å². The lowest BCUT2D eigenvalue weighted by atomic mass is 10.1. The van der Waals surface area contributed by atoms with Gasteiger partial charge in [-0.25, -0.2) is 10.5 Å². The van der Waals surface area contributed by atoms with Crippen molar-refractivity contribution in [1.29, 1.82) is 0 Å². The molecule has 0 radical (unpaired) electrons. The number of rotatable bonds is 4. The van der Waals surface area contributed by atoms with Crippen LogP contribution < -0.4 is 15.1 Å². The van der Waals surface area contributed by atoms with E-state index in [1.165, 1.54) is 17.0 Å². The molecule has 3 aromatic rings. The normalized spacial score (nSPS) is 13.1. The number of hydrogen-bond donors (Lipinski definition) is 2. The number of carbonyl (C=O) groups is 2. The fraction of sp³-hybridized carbons (Fsp3) is 0.105. The SMILES string of the molecule is O=C(NO)c1ccc2c(c1)N(Cc1cnc(-c3ccccc3)o1)C(=O)CO2. The fourth-order valence-electron chi connectivity index (χ4n) is 2.83. The lowest BCUT2D eigenvalue weighted by Crippen LogP contribution is -2.38. The Morgan fingerprint density at radius 2 is 2.04 bits per heavy atom. The maximum Gasteiger partial charge on any atom is 0.274 e. The summed E-state index contributed by atoms with van der Waals surface area (Å²) in [4.78, 5) is 29.8. The molecule has 0 bridgehead atoms. The Morgan fingerprint density at radius 3 is 2.81 bits per heavy atom. The number of amides is 2. The summed E-state index contributed by atoms with van der Waals surface area (Å²) < 4.78 is 11.2. The Kier molecular flexibility index (Phi) is 4.31. The summed E-state index contributed by atoms with van der Waals surface area (Å²) in [5.74, 6) is 0.461. The largest absolute Gasteiger partial charge is 0.482 e. The molecule has 8 heteroatoms. The van der Waals surface area contributed by atoms with Gasteiger partial charge >= 0.3 is 0 Å². The Morgan fingerprint density at radius 1 is 1.22 bits per heavy atom. The Labute approximate surface area is 154 Å². The van der Waals surface area contributed by atoms with E-state index in [0.29, 0.717) is 23.1 Å². The molecule has 1 aromatic heterocycles. The Hall–Kier alpha value is -3.65. The van der Waals surface area contributed by atoms with Crippen LogP contribution >= 0.6 is 0 Å². The number of nitrogens with one attached hydrogen (secondary N) is 1. The van der Waals surface area contributed by atoms with Crippen LogP contribution in [0.5, 0.6) is 5.75 Å². The number of carbonyl (C=O) groups excluding carboxylic acids is 2. The highest BCUT2D eigenvalue weighted by Gasteiger charge is 2.28. The lowest BCUT2D eigenvalue weighted by Gasteiger charge is -2.28. The van der Waals surface area contributed by atoms with Crippen LogP contribution in [0.4, 0.5) is 5.69 Å². The average Bonchev–Trinajstić information content (AvgIpc) is 3.18. The van der Waals surface area contributed by atoms with E-state index in [0.717, 1.165) is 5.56 Å². The van der Waals surface area contributed by atoms with Gasteiger partial charge in [0.1, 0.15) is 11.5 Å². The molecule has 0 unspecified atom stereocenters. The molecule has 0 aliphatic carbocycles. The van der Waals surface area contributed by atoms with E-state index in [1.54, 1.807) is 17.7 Å². The van der Waals surface area contributed by atoms with E-state index < -0.39 is 5.91 Å². The second-order valence-corrected chi connectivity index (χ2v) is 5.89. The van der Waals surface area contributed by atoms with Crippen molar-refractivity contribution in [3.05, 3.63) is 66.1 Å². The minimum absolute atomic E-state index is 0.113. The summed E-state index contributed by atoms with van der Waals surface area (Å²) in [6.07, 6.45) is 1.56.